The first kappa shape index (κ1) is 20.6. The van der Waals surface area contributed by atoms with Crippen molar-refractivity contribution in [1.82, 2.24) is 10.3 Å². The minimum Gasteiger partial charge on any atom is -0.508 e. The van der Waals surface area contributed by atoms with Gasteiger partial charge in [-0.3, -0.25) is 4.79 Å². The van der Waals surface area contributed by atoms with Gasteiger partial charge in [0.2, 0.25) is 0 Å². The Hall–Kier alpha value is -2.47. The summed E-state index contributed by atoms with van der Waals surface area (Å²) >= 11 is 0. The zero-order valence-corrected chi connectivity index (χ0v) is 15.4. The van der Waals surface area contributed by atoms with Crippen LogP contribution in [0.25, 0.3) is 0 Å². The van der Waals surface area contributed by atoms with E-state index < -0.39 is 5.91 Å². The summed E-state index contributed by atoms with van der Waals surface area (Å²) in [7, 11) is 0. The topological polar surface area (TPSA) is 108 Å². The van der Waals surface area contributed by atoms with Crippen molar-refractivity contribution in [3.05, 3.63) is 46.6 Å². The summed E-state index contributed by atoms with van der Waals surface area (Å²) in [6.07, 6.45) is 1.52. The summed E-state index contributed by atoms with van der Waals surface area (Å²) in [5, 5.41) is 22.6. The smallest absolute Gasteiger partial charge is 0.255 e. The van der Waals surface area contributed by atoms with Gasteiger partial charge in [-0.25, -0.2) is 4.98 Å². The molecule has 25 heavy (non-hydrogen) atoms. The number of halogens is 1. The van der Waals surface area contributed by atoms with Crippen LogP contribution in [0.2, 0.25) is 0 Å². The number of anilines is 1. The first-order chi connectivity index (χ1) is 11.3. The van der Waals surface area contributed by atoms with Gasteiger partial charge in [-0.05, 0) is 55.7 Å². The van der Waals surface area contributed by atoms with Crippen molar-refractivity contribution < 1.29 is 15.0 Å². The van der Waals surface area contributed by atoms with Crippen molar-refractivity contribution in [1.29, 1.82) is 0 Å². The number of aromatic nitrogens is 1. The Labute approximate surface area is 153 Å². The molecule has 0 aliphatic carbocycles. The van der Waals surface area contributed by atoms with E-state index in [0.29, 0.717) is 23.5 Å². The van der Waals surface area contributed by atoms with Gasteiger partial charge in [-0.15, -0.1) is 12.4 Å². The molecule has 1 atom stereocenters. The molecule has 1 unspecified atom stereocenters. The molecule has 0 radical (unpaired) electrons. The molecule has 0 aliphatic rings. The number of nitrogens with one attached hydrogen (secondary N) is 1. The van der Waals surface area contributed by atoms with Gasteiger partial charge in [0.25, 0.3) is 5.91 Å². The lowest BCUT2D eigenvalue weighted by Crippen LogP contribution is -2.29. The summed E-state index contributed by atoms with van der Waals surface area (Å²) in [5.74, 6) is -0.277. The molecule has 1 heterocycles. The number of benzene rings is 1. The summed E-state index contributed by atoms with van der Waals surface area (Å²) in [5.41, 5.74) is 7.92. The van der Waals surface area contributed by atoms with Crippen LogP contribution in [-0.4, -0.2) is 21.1 Å². The standard InChI is InChI=1S/C18H23N3O3.ClH/c1-4-5-14(15-6-10(2)7-16(19)20-15)21-18(24)13-9-12(22)8-11(3)17(13)23;/h6-9,14,22-23H,4-5H2,1-3H3,(H2,19,20)(H,21,24);1H. The highest BCUT2D eigenvalue weighted by atomic mass is 35.5. The molecule has 2 aromatic rings. The van der Waals surface area contributed by atoms with Gasteiger partial charge in [-0.2, -0.15) is 0 Å². The lowest BCUT2D eigenvalue weighted by atomic mass is 10.0. The number of amides is 1. The SMILES string of the molecule is CCCC(NC(=O)c1cc(O)cc(C)c1O)c1cc(C)cc(N)n1.Cl. The Balaban J connectivity index is 0.00000312. The molecule has 1 amide bonds. The van der Waals surface area contributed by atoms with Crippen LogP contribution >= 0.6 is 12.4 Å². The maximum absolute atomic E-state index is 12.6. The molecule has 7 heteroatoms. The van der Waals surface area contributed by atoms with Crippen molar-refractivity contribution in [2.24, 2.45) is 0 Å². The maximum Gasteiger partial charge on any atom is 0.255 e. The number of pyridine rings is 1. The van der Waals surface area contributed by atoms with Crippen molar-refractivity contribution in [2.75, 3.05) is 5.73 Å². The number of carbonyl (C=O) groups is 1. The summed E-state index contributed by atoms with van der Waals surface area (Å²) < 4.78 is 0. The number of aryl methyl sites for hydroxylation is 2. The Bertz CT molecular complexity index is 745. The number of rotatable bonds is 5. The Morgan fingerprint density at radius 2 is 1.92 bits per heavy atom. The summed E-state index contributed by atoms with van der Waals surface area (Å²) in [6.45, 7) is 5.54. The van der Waals surface area contributed by atoms with Crippen molar-refractivity contribution in [2.45, 2.75) is 39.7 Å². The maximum atomic E-state index is 12.6. The number of nitrogens with two attached hydrogens (primary N) is 1. The molecule has 0 bridgehead atoms. The van der Waals surface area contributed by atoms with E-state index in [0.717, 1.165) is 12.0 Å². The van der Waals surface area contributed by atoms with E-state index in [1.54, 1.807) is 13.0 Å². The van der Waals surface area contributed by atoms with Crippen LogP contribution in [0, 0.1) is 13.8 Å². The normalized spacial score (nSPS) is 11.5. The van der Waals surface area contributed by atoms with Crippen molar-refractivity contribution >= 4 is 24.1 Å². The second kappa shape index (κ2) is 8.58. The van der Waals surface area contributed by atoms with Gasteiger partial charge < -0.3 is 21.3 Å². The number of phenols is 2. The molecule has 6 nitrogen and oxygen atoms in total. The predicted molar refractivity (Wildman–Crippen MR) is 100 cm³/mol. The second-order valence-corrected chi connectivity index (χ2v) is 5.97. The fraction of sp³-hybridized carbons (Fsp3) is 0.333. The van der Waals surface area contributed by atoms with Crippen LogP contribution in [-0.2, 0) is 0 Å². The fourth-order valence-corrected chi connectivity index (χ4v) is 2.65. The molecule has 5 N–H and O–H groups in total. The first-order valence-corrected chi connectivity index (χ1v) is 7.89. The van der Waals surface area contributed by atoms with Crippen molar-refractivity contribution in [3.8, 4) is 11.5 Å². The third kappa shape index (κ3) is 5.00. The highest BCUT2D eigenvalue weighted by molar-refractivity contribution is 5.97. The number of carbonyl (C=O) groups excluding carboxylic acids is 1. The van der Waals surface area contributed by atoms with E-state index in [1.165, 1.54) is 12.1 Å². The van der Waals surface area contributed by atoms with E-state index in [2.05, 4.69) is 10.3 Å². The lowest BCUT2D eigenvalue weighted by molar-refractivity contribution is 0.0930. The minimum absolute atomic E-state index is 0. The van der Waals surface area contributed by atoms with Gasteiger partial charge in [-0.1, -0.05) is 13.3 Å². The number of phenolic OH excluding ortho intramolecular Hbond substituents is 2. The highest BCUT2D eigenvalue weighted by Gasteiger charge is 2.20. The van der Waals surface area contributed by atoms with Gasteiger partial charge in [0.15, 0.2) is 0 Å². The zero-order chi connectivity index (χ0) is 17.9. The molecule has 0 spiro atoms. The molecule has 0 fully saturated rings. The molecule has 2 rings (SSSR count). The third-order valence-corrected chi connectivity index (χ3v) is 3.78. The fourth-order valence-electron chi connectivity index (χ4n) is 2.65. The first-order valence-electron chi connectivity index (χ1n) is 7.89. The van der Waals surface area contributed by atoms with Gasteiger partial charge in [0, 0.05) is 0 Å². The van der Waals surface area contributed by atoms with Crippen LogP contribution in [0.1, 0.15) is 53.0 Å². The van der Waals surface area contributed by atoms with Crippen LogP contribution in [0.15, 0.2) is 24.3 Å². The Morgan fingerprint density at radius 3 is 2.52 bits per heavy atom. The van der Waals surface area contributed by atoms with Crippen LogP contribution in [0.4, 0.5) is 5.82 Å². The zero-order valence-electron chi connectivity index (χ0n) is 14.5. The monoisotopic (exact) mass is 365 g/mol. The largest absolute Gasteiger partial charge is 0.508 e. The van der Waals surface area contributed by atoms with E-state index in [4.69, 9.17) is 5.73 Å². The minimum atomic E-state index is -0.466. The highest BCUT2D eigenvalue weighted by Crippen LogP contribution is 2.28. The van der Waals surface area contributed by atoms with E-state index in [9.17, 15) is 15.0 Å². The number of nitrogen functional groups attached to an aromatic ring is 1. The Kier molecular flexibility index (Phi) is 7.06. The molecular weight excluding hydrogens is 342 g/mol. The molecule has 0 saturated heterocycles. The van der Waals surface area contributed by atoms with Gasteiger partial charge >= 0.3 is 0 Å². The second-order valence-electron chi connectivity index (χ2n) is 5.97. The molecular formula is C18H24ClN3O3. The molecule has 1 aromatic heterocycles. The molecule has 0 aliphatic heterocycles. The lowest BCUT2D eigenvalue weighted by Gasteiger charge is -2.19. The van der Waals surface area contributed by atoms with Gasteiger partial charge in [0.1, 0.15) is 17.3 Å². The number of nitrogens with zero attached hydrogens (tertiary/aromatic N) is 1. The molecule has 0 saturated carbocycles. The van der Waals surface area contributed by atoms with Crippen LogP contribution in [0.3, 0.4) is 0 Å². The molecule has 136 valence electrons. The van der Waals surface area contributed by atoms with E-state index in [-0.39, 0.29) is 35.5 Å². The van der Waals surface area contributed by atoms with Crippen LogP contribution in [0.5, 0.6) is 11.5 Å². The van der Waals surface area contributed by atoms with E-state index in [1.807, 2.05) is 19.9 Å². The number of hydrogen-bond acceptors (Lipinski definition) is 5. The Morgan fingerprint density at radius 1 is 1.24 bits per heavy atom. The average molecular weight is 366 g/mol. The number of aromatic hydroxyl groups is 2. The van der Waals surface area contributed by atoms with E-state index >= 15 is 0 Å². The quantitative estimate of drug-likeness (QED) is 0.607. The third-order valence-electron chi connectivity index (χ3n) is 3.78. The summed E-state index contributed by atoms with van der Waals surface area (Å²) in [6, 6.07) is 5.97. The number of hydrogen-bond donors (Lipinski definition) is 4. The van der Waals surface area contributed by atoms with Crippen molar-refractivity contribution in [3.63, 3.8) is 0 Å². The average Bonchev–Trinajstić information content (AvgIpc) is 2.49. The molecule has 1 aromatic carbocycles. The van der Waals surface area contributed by atoms with Crippen LogP contribution < -0.4 is 11.1 Å². The van der Waals surface area contributed by atoms with Gasteiger partial charge in [0.05, 0.1) is 17.3 Å². The summed E-state index contributed by atoms with van der Waals surface area (Å²) in [4.78, 5) is 16.9. The predicted octanol–water partition coefficient (Wildman–Crippen LogP) is 3.38.